The van der Waals surface area contributed by atoms with Crippen LogP contribution < -0.4 is 10.1 Å². The van der Waals surface area contributed by atoms with Crippen LogP contribution in [0.1, 0.15) is 58.1 Å². The third kappa shape index (κ3) is 5.15. The molecule has 0 bridgehead atoms. The van der Waals surface area contributed by atoms with E-state index in [1.807, 2.05) is 12.1 Å². The molecule has 0 aliphatic heterocycles. The van der Waals surface area contributed by atoms with Gasteiger partial charge in [0, 0.05) is 18.7 Å². The Morgan fingerprint density at radius 1 is 1.16 bits per heavy atom. The predicted molar refractivity (Wildman–Crippen MR) is 76.1 cm³/mol. The molecule has 1 aromatic rings. The van der Waals surface area contributed by atoms with Gasteiger partial charge in [-0.3, -0.25) is 0 Å². The molecule has 1 saturated carbocycles. The van der Waals surface area contributed by atoms with Gasteiger partial charge in [0.25, 0.3) is 0 Å². The van der Waals surface area contributed by atoms with E-state index in [0.717, 1.165) is 25.1 Å². The highest BCUT2D eigenvalue weighted by Crippen LogP contribution is 2.21. The number of hydrogen-bond acceptors (Lipinski definition) is 4. The van der Waals surface area contributed by atoms with Crippen molar-refractivity contribution in [3.63, 3.8) is 0 Å². The van der Waals surface area contributed by atoms with Crippen LogP contribution in [0.25, 0.3) is 0 Å². The van der Waals surface area contributed by atoms with Crippen molar-refractivity contribution < 1.29 is 4.74 Å². The van der Waals surface area contributed by atoms with Crippen molar-refractivity contribution in [1.82, 2.24) is 15.5 Å². The van der Waals surface area contributed by atoms with Gasteiger partial charge < -0.3 is 10.1 Å². The Morgan fingerprint density at radius 3 is 2.47 bits per heavy atom. The van der Waals surface area contributed by atoms with Gasteiger partial charge in [-0.2, -0.15) is 5.10 Å². The first-order valence-corrected chi connectivity index (χ1v) is 7.46. The second-order valence-corrected chi connectivity index (χ2v) is 5.63. The van der Waals surface area contributed by atoms with E-state index in [9.17, 15) is 0 Å². The zero-order chi connectivity index (χ0) is 13.5. The molecule has 0 atom stereocenters. The van der Waals surface area contributed by atoms with E-state index < -0.39 is 0 Å². The summed E-state index contributed by atoms with van der Waals surface area (Å²) in [6, 6.07) is 4.40. The highest BCUT2D eigenvalue weighted by Gasteiger charge is 2.14. The monoisotopic (exact) mass is 263 g/mol. The zero-order valence-corrected chi connectivity index (χ0v) is 12.1. The standard InChI is InChI=1S/C15H25N3O/c1-12(2)16-11-13-9-10-15(18-17-13)19-14-7-5-3-4-6-8-14/h9-10,12,14,16H,3-8,11H2,1-2H3. The molecule has 1 fully saturated rings. The lowest BCUT2D eigenvalue weighted by atomic mass is 10.1. The molecule has 19 heavy (non-hydrogen) atoms. The van der Waals surface area contributed by atoms with Crippen LogP contribution in [0.4, 0.5) is 0 Å². The zero-order valence-electron chi connectivity index (χ0n) is 12.1. The summed E-state index contributed by atoms with van der Waals surface area (Å²) in [6.45, 7) is 5.00. The molecule has 4 nitrogen and oxygen atoms in total. The van der Waals surface area contributed by atoms with Crippen LogP contribution >= 0.6 is 0 Å². The molecule has 0 radical (unpaired) electrons. The molecular weight excluding hydrogens is 238 g/mol. The number of ether oxygens (including phenoxy) is 1. The van der Waals surface area contributed by atoms with Crippen molar-refractivity contribution in [3.05, 3.63) is 17.8 Å². The number of hydrogen-bond donors (Lipinski definition) is 1. The summed E-state index contributed by atoms with van der Waals surface area (Å²) in [4.78, 5) is 0. The third-order valence-electron chi connectivity index (χ3n) is 3.48. The molecule has 0 spiro atoms. The summed E-state index contributed by atoms with van der Waals surface area (Å²) in [5.41, 5.74) is 0.960. The molecule has 0 aromatic carbocycles. The van der Waals surface area contributed by atoms with E-state index in [1.165, 1.54) is 25.7 Å². The lowest BCUT2D eigenvalue weighted by Gasteiger charge is -2.15. The van der Waals surface area contributed by atoms with Crippen molar-refractivity contribution in [1.29, 1.82) is 0 Å². The SMILES string of the molecule is CC(C)NCc1ccc(OC2CCCCCC2)nn1. The molecule has 106 valence electrons. The number of nitrogens with one attached hydrogen (secondary N) is 1. The molecule has 0 saturated heterocycles. The summed E-state index contributed by atoms with van der Waals surface area (Å²) in [6.07, 6.45) is 7.85. The Morgan fingerprint density at radius 2 is 1.89 bits per heavy atom. The minimum Gasteiger partial charge on any atom is -0.473 e. The lowest BCUT2D eigenvalue weighted by molar-refractivity contribution is 0.174. The quantitative estimate of drug-likeness (QED) is 0.829. The first-order valence-electron chi connectivity index (χ1n) is 7.46. The predicted octanol–water partition coefficient (Wildman–Crippen LogP) is 3.08. The van der Waals surface area contributed by atoms with E-state index in [0.29, 0.717) is 18.0 Å². The van der Waals surface area contributed by atoms with Crippen molar-refractivity contribution in [2.24, 2.45) is 0 Å². The maximum atomic E-state index is 5.92. The van der Waals surface area contributed by atoms with Gasteiger partial charge >= 0.3 is 0 Å². The maximum Gasteiger partial charge on any atom is 0.233 e. The van der Waals surface area contributed by atoms with Crippen molar-refractivity contribution in [3.8, 4) is 5.88 Å². The Labute approximate surface area is 116 Å². The summed E-state index contributed by atoms with van der Waals surface area (Å²) < 4.78 is 5.92. The smallest absolute Gasteiger partial charge is 0.233 e. The van der Waals surface area contributed by atoms with E-state index in [-0.39, 0.29) is 0 Å². The average molecular weight is 263 g/mol. The molecule has 1 heterocycles. The molecule has 2 rings (SSSR count). The van der Waals surface area contributed by atoms with Gasteiger partial charge in [-0.05, 0) is 31.7 Å². The van der Waals surface area contributed by atoms with E-state index in [2.05, 4.69) is 29.4 Å². The van der Waals surface area contributed by atoms with Gasteiger partial charge in [-0.15, -0.1) is 5.10 Å². The normalized spacial score (nSPS) is 17.4. The number of aromatic nitrogens is 2. The fourth-order valence-corrected chi connectivity index (χ4v) is 2.34. The van der Waals surface area contributed by atoms with Gasteiger partial charge in [-0.1, -0.05) is 26.7 Å². The minimum absolute atomic E-state index is 0.330. The summed E-state index contributed by atoms with van der Waals surface area (Å²) in [5.74, 6) is 0.667. The topological polar surface area (TPSA) is 47.0 Å². The van der Waals surface area contributed by atoms with Gasteiger partial charge in [0.15, 0.2) is 0 Å². The van der Waals surface area contributed by atoms with Crippen molar-refractivity contribution in [2.75, 3.05) is 0 Å². The van der Waals surface area contributed by atoms with Crippen molar-refractivity contribution in [2.45, 2.75) is 71.1 Å². The van der Waals surface area contributed by atoms with Gasteiger partial charge in [0.1, 0.15) is 6.10 Å². The minimum atomic E-state index is 0.330. The van der Waals surface area contributed by atoms with Crippen molar-refractivity contribution >= 4 is 0 Å². The highest BCUT2D eigenvalue weighted by atomic mass is 16.5. The van der Waals surface area contributed by atoms with Crippen LogP contribution in [0.3, 0.4) is 0 Å². The first kappa shape index (κ1) is 14.3. The van der Waals surface area contributed by atoms with Gasteiger partial charge in [0.2, 0.25) is 5.88 Å². The van der Waals surface area contributed by atoms with Crippen LogP contribution in [0.5, 0.6) is 5.88 Å². The second kappa shape index (κ2) is 7.43. The Bertz CT molecular complexity index is 356. The molecule has 1 aromatic heterocycles. The van der Waals surface area contributed by atoms with Crippen LogP contribution in [0, 0.1) is 0 Å². The Balaban J connectivity index is 1.83. The van der Waals surface area contributed by atoms with E-state index in [4.69, 9.17) is 4.74 Å². The number of rotatable bonds is 5. The largest absolute Gasteiger partial charge is 0.473 e. The van der Waals surface area contributed by atoms with Crippen LogP contribution in [0.15, 0.2) is 12.1 Å². The Hall–Kier alpha value is -1.16. The van der Waals surface area contributed by atoms with E-state index >= 15 is 0 Å². The maximum absolute atomic E-state index is 5.92. The summed E-state index contributed by atoms with van der Waals surface area (Å²) in [7, 11) is 0. The molecule has 1 aliphatic carbocycles. The highest BCUT2D eigenvalue weighted by molar-refractivity contribution is 5.11. The lowest BCUT2D eigenvalue weighted by Crippen LogP contribution is -2.22. The Kier molecular flexibility index (Phi) is 5.58. The fraction of sp³-hybridized carbons (Fsp3) is 0.733. The molecule has 0 unspecified atom stereocenters. The van der Waals surface area contributed by atoms with Crippen LogP contribution in [-0.2, 0) is 6.54 Å². The molecule has 1 N–H and O–H groups in total. The number of nitrogens with zero attached hydrogens (tertiary/aromatic N) is 2. The summed E-state index contributed by atoms with van der Waals surface area (Å²) in [5, 5.41) is 11.7. The third-order valence-corrected chi connectivity index (χ3v) is 3.48. The molecular formula is C15H25N3O. The molecule has 4 heteroatoms. The van der Waals surface area contributed by atoms with E-state index in [1.54, 1.807) is 0 Å². The fourth-order valence-electron chi connectivity index (χ4n) is 2.34. The second-order valence-electron chi connectivity index (χ2n) is 5.63. The molecule has 0 amide bonds. The van der Waals surface area contributed by atoms with Crippen LogP contribution in [0.2, 0.25) is 0 Å². The van der Waals surface area contributed by atoms with Gasteiger partial charge in [0.05, 0.1) is 5.69 Å². The first-order chi connectivity index (χ1) is 9.24. The molecule has 1 aliphatic rings. The van der Waals surface area contributed by atoms with Crippen LogP contribution in [-0.4, -0.2) is 22.3 Å². The summed E-state index contributed by atoms with van der Waals surface area (Å²) >= 11 is 0. The average Bonchev–Trinajstić information content (AvgIpc) is 2.66. The van der Waals surface area contributed by atoms with Gasteiger partial charge in [-0.25, -0.2) is 0 Å².